The molecule has 0 atom stereocenters. The Kier molecular flexibility index (Phi) is 3.99. The molecule has 0 saturated heterocycles. The molecule has 0 aliphatic heterocycles. The van der Waals surface area contributed by atoms with E-state index in [1.807, 2.05) is 31.2 Å². The van der Waals surface area contributed by atoms with E-state index in [1.54, 1.807) is 17.4 Å². The van der Waals surface area contributed by atoms with Gasteiger partial charge in [-0.25, -0.2) is 0 Å². The van der Waals surface area contributed by atoms with E-state index >= 15 is 0 Å². The molecular formula is C19H18O2S. The zero-order valence-electron chi connectivity index (χ0n) is 12.7. The number of aryl methyl sites for hydroxylation is 2. The van der Waals surface area contributed by atoms with E-state index in [1.165, 1.54) is 15.6 Å². The van der Waals surface area contributed by atoms with E-state index in [9.17, 15) is 9.90 Å². The minimum absolute atomic E-state index is 0.208. The van der Waals surface area contributed by atoms with Gasteiger partial charge in [-0.05, 0) is 48.1 Å². The van der Waals surface area contributed by atoms with Crippen LogP contribution in [0.5, 0.6) is 5.75 Å². The maximum atomic E-state index is 12.4. The van der Waals surface area contributed by atoms with Crippen LogP contribution < -0.4 is 0 Å². The minimum atomic E-state index is 0.208. The quantitative estimate of drug-likeness (QED) is 0.766. The van der Waals surface area contributed by atoms with Crippen molar-refractivity contribution in [3.63, 3.8) is 0 Å². The predicted molar refractivity (Wildman–Crippen MR) is 91.8 cm³/mol. The van der Waals surface area contributed by atoms with E-state index in [0.717, 1.165) is 16.0 Å². The second-order valence-electron chi connectivity index (χ2n) is 5.66. The fourth-order valence-corrected chi connectivity index (χ4v) is 3.93. The second kappa shape index (κ2) is 5.93. The Morgan fingerprint density at radius 1 is 1.09 bits per heavy atom. The van der Waals surface area contributed by atoms with Gasteiger partial charge in [-0.15, -0.1) is 11.3 Å². The number of Topliss-reactive ketones (excluding diaryl/α,β-unsaturated/α-hetero) is 1. The number of fused-ring (bicyclic) bond motifs is 1. The molecule has 22 heavy (non-hydrogen) atoms. The third-order valence-corrected chi connectivity index (χ3v) is 5.24. The normalized spacial score (nSPS) is 11.0. The largest absolute Gasteiger partial charge is 0.508 e. The molecule has 0 aliphatic rings. The monoisotopic (exact) mass is 310 g/mol. The van der Waals surface area contributed by atoms with Crippen LogP contribution in [0.25, 0.3) is 10.1 Å². The Labute approximate surface area is 134 Å². The van der Waals surface area contributed by atoms with Crippen LogP contribution in [0.1, 0.15) is 21.6 Å². The number of carbonyl (C=O) groups excluding carboxylic acids is 1. The molecule has 3 rings (SSSR count). The molecule has 0 fully saturated rings. The van der Waals surface area contributed by atoms with Crippen LogP contribution in [-0.2, 0) is 17.6 Å². The number of phenolic OH excluding ortho intramolecular Hbond substituents is 1. The Morgan fingerprint density at radius 2 is 1.86 bits per heavy atom. The maximum Gasteiger partial charge on any atom is 0.142 e. The topological polar surface area (TPSA) is 37.3 Å². The number of hydrogen-bond acceptors (Lipinski definition) is 3. The smallest absolute Gasteiger partial charge is 0.142 e. The first-order chi connectivity index (χ1) is 10.5. The van der Waals surface area contributed by atoms with Crippen LogP contribution in [0.15, 0.2) is 42.5 Å². The van der Waals surface area contributed by atoms with Crippen molar-refractivity contribution in [1.82, 2.24) is 0 Å². The number of benzene rings is 2. The molecule has 0 bridgehead atoms. The molecule has 1 N–H and O–H groups in total. The first-order valence-corrected chi connectivity index (χ1v) is 8.13. The standard InChI is InChI=1S/C19H18O2S/c1-12-9-14(7-8-17(12)21)10-15(20)11-19-13(2)16-5-3-4-6-18(16)22-19/h3-9,21H,10-11H2,1-2H3. The number of ketones is 1. The highest BCUT2D eigenvalue weighted by Crippen LogP contribution is 2.31. The zero-order valence-corrected chi connectivity index (χ0v) is 13.5. The third kappa shape index (κ3) is 2.90. The fraction of sp³-hybridized carbons (Fsp3) is 0.211. The lowest BCUT2D eigenvalue weighted by Crippen LogP contribution is -2.06. The predicted octanol–water partition coefficient (Wildman–Crippen LogP) is 4.58. The van der Waals surface area contributed by atoms with E-state index < -0.39 is 0 Å². The summed E-state index contributed by atoms with van der Waals surface area (Å²) in [5, 5.41) is 10.8. The summed E-state index contributed by atoms with van der Waals surface area (Å²) in [5.41, 5.74) is 2.98. The molecule has 0 spiro atoms. The molecule has 1 aromatic heterocycles. The van der Waals surface area contributed by atoms with Crippen molar-refractivity contribution in [3.05, 3.63) is 64.0 Å². The van der Waals surface area contributed by atoms with E-state index in [0.29, 0.717) is 12.8 Å². The van der Waals surface area contributed by atoms with E-state index in [4.69, 9.17) is 0 Å². The SMILES string of the molecule is Cc1cc(CC(=O)Cc2sc3ccccc3c2C)ccc1O. The number of aromatic hydroxyl groups is 1. The number of phenols is 1. The molecule has 2 aromatic carbocycles. The van der Waals surface area contributed by atoms with Gasteiger partial charge in [-0.2, -0.15) is 0 Å². The molecular weight excluding hydrogens is 292 g/mol. The van der Waals surface area contributed by atoms with Crippen LogP contribution in [0.2, 0.25) is 0 Å². The lowest BCUT2D eigenvalue weighted by molar-refractivity contribution is -0.117. The van der Waals surface area contributed by atoms with Crippen LogP contribution >= 0.6 is 11.3 Å². The van der Waals surface area contributed by atoms with Gasteiger partial charge in [0.2, 0.25) is 0 Å². The van der Waals surface area contributed by atoms with Crippen LogP contribution in [0.4, 0.5) is 0 Å². The highest BCUT2D eigenvalue weighted by molar-refractivity contribution is 7.19. The number of rotatable bonds is 4. The van der Waals surface area contributed by atoms with Gasteiger partial charge in [-0.1, -0.05) is 30.3 Å². The van der Waals surface area contributed by atoms with Gasteiger partial charge < -0.3 is 5.11 Å². The van der Waals surface area contributed by atoms with Crippen LogP contribution in [0.3, 0.4) is 0 Å². The molecule has 0 radical (unpaired) electrons. The van der Waals surface area contributed by atoms with Crippen molar-refractivity contribution in [2.45, 2.75) is 26.7 Å². The summed E-state index contributed by atoms with van der Waals surface area (Å²) < 4.78 is 1.24. The van der Waals surface area contributed by atoms with Crippen molar-refractivity contribution in [1.29, 1.82) is 0 Å². The van der Waals surface area contributed by atoms with Crippen molar-refractivity contribution in [3.8, 4) is 5.75 Å². The summed E-state index contributed by atoms with van der Waals surface area (Å²) >= 11 is 1.71. The number of hydrogen-bond donors (Lipinski definition) is 1. The van der Waals surface area contributed by atoms with Crippen molar-refractivity contribution >= 4 is 27.2 Å². The lowest BCUT2D eigenvalue weighted by Gasteiger charge is -2.04. The maximum absolute atomic E-state index is 12.4. The molecule has 0 aliphatic carbocycles. The first kappa shape index (κ1) is 14.8. The number of carbonyl (C=O) groups is 1. The van der Waals surface area contributed by atoms with Crippen molar-refractivity contribution < 1.29 is 9.90 Å². The summed E-state index contributed by atoms with van der Waals surface area (Å²) in [7, 11) is 0. The Balaban J connectivity index is 1.78. The fourth-order valence-electron chi connectivity index (χ4n) is 2.69. The molecule has 0 saturated carbocycles. The minimum Gasteiger partial charge on any atom is -0.508 e. The Bertz CT molecular complexity index is 846. The van der Waals surface area contributed by atoms with Gasteiger partial charge in [0.15, 0.2) is 0 Å². The van der Waals surface area contributed by atoms with E-state index in [2.05, 4.69) is 19.1 Å². The Morgan fingerprint density at radius 3 is 2.59 bits per heavy atom. The van der Waals surface area contributed by atoms with E-state index in [-0.39, 0.29) is 11.5 Å². The van der Waals surface area contributed by atoms with Crippen LogP contribution in [-0.4, -0.2) is 10.9 Å². The van der Waals surface area contributed by atoms with Crippen molar-refractivity contribution in [2.24, 2.45) is 0 Å². The summed E-state index contributed by atoms with van der Waals surface area (Å²) in [6.45, 7) is 3.94. The average Bonchev–Trinajstić information content (AvgIpc) is 2.80. The molecule has 3 aromatic rings. The Hall–Kier alpha value is -2.13. The lowest BCUT2D eigenvalue weighted by atomic mass is 10.0. The van der Waals surface area contributed by atoms with Crippen LogP contribution in [0, 0.1) is 13.8 Å². The molecule has 0 unspecified atom stereocenters. The molecule has 3 heteroatoms. The number of thiophene rings is 1. The second-order valence-corrected chi connectivity index (χ2v) is 6.80. The average molecular weight is 310 g/mol. The third-order valence-electron chi connectivity index (χ3n) is 3.96. The molecule has 112 valence electrons. The molecule has 0 amide bonds. The molecule has 1 heterocycles. The summed E-state index contributed by atoms with van der Waals surface area (Å²) in [4.78, 5) is 13.5. The highest BCUT2D eigenvalue weighted by atomic mass is 32.1. The van der Waals surface area contributed by atoms with Gasteiger partial charge in [-0.3, -0.25) is 4.79 Å². The summed E-state index contributed by atoms with van der Waals surface area (Å²) in [6.07, 6.45) is 0.889. The van der Waals surface area contributed by atoms with Gasteiger partial charge in [0, 0.05) is 22.4 Å². The van der Waals surface area contributed by atoms with Gasteiger partial charge in [0.25, 0.3) is 0 Å². The van der Waals surface area contributed by atoms with Gasteiger partial charge in [0.05, 0.1) is 0 Å². The molecule has 2 nitrogen and oxygen atoms in total. The summed E-state index contributed by atoms with van der Waals surface area (Å²) in [6, 6.07) is 13.6. The van der Waals surface area contributed by atoms with Crippen molar-refractivity contribution in [2.75, 3.05) is 0 Å². The summed E-state index contributed by atoms with van der Waals surface area (Å²) in [5.74, 6) is 0.483. The van der Waals surface area contributed by atoms with Gasteiger partial charge in [0.1, 0.15) is 11.5 Å². The highest BCUT2D eigenvalue weighted by Gasteiger charge is 2.12. The van der Waals surface area contributed by atoms with Gasteiger partial charge >= 0.3 is 0 Å². The zero-order chi connectivity index (χ0) is 15.7. The first-order valence-electron chi connectivity index (χ1n) is 7.32.